The van der Waals surface area contributed by atoms with Gasteiger partial charge in [0.15, 0.2) is 0 Å². The van der Waals surface area contributed by atoms with E-state index < -0.39 is 0 Å². The van der Waals surface area contributed by atoms with Gasteiger partial charge < -0.3 is 9.84 Å². The molecule has 0 amide bonds. The van der Waals surface area contributed by atoms with E-state index in [-0.39, 0.29) is 27.5 Å². The maximum atomic E-state index is 12.1. The van der Waals surface area contributed by atoms with E-state index in [1.54, 1.807) is 0 Å². The van der Waals surface area contributed by atoms with Gasteiger partial charge in [-0.3, -0.25) is 4.79 Å². The van der Waals surface area contributed by atoms with Crippen molar-refractivity contribution in [3.05, 3.63) is 0 Å². The number of ether oxygens (including phenoxy) is 1. The van der Waals surface area contributed by atoms with Crippen molar-refractivity contribution in [1.82, 2.24) is 0 Å². The number of hydrogen-bond donors (Lipinski definition) is 1. The van der Waals surface area contributed by atoms with E-state index in [4.69, 9.17) is 4.74 Å². The van der Waals surface area contributed by atoms with Crippen LogP contribution in [-0.4, -0.2) is 27.2 Å². The molecule has 4 heteroatoms. The highest BCUT2D eigenvalue weighted by Gasteiger charge is 2.50. The van der Waals surface area contributed by atoms with Crippen LogP contribution in [0.4, 0.5) is 0 Å². The maximum absolute atomic E-state index is 12.1. The zero-order valence-corrected chi connectivity index (χ0v) is 14.1. The number of carbonyl (C=O) groups excluding carboxylic acids is 1. The number of rotatable bonds is 4. The number of fused-ring (bicyclic) bond motifs is 2. The van der Waals surface area contributed by atoms with Gasteiger partial charge in [-0.2, -0.15) is 0 Å². The molecule has 19 heavy (non-hydrogen) atoms. The first-order valence-corrected chi connectivity index (χ1v) is 8.64. The van der Waals surface area contributed by atoms with Crippen LogP contribution in [0.2, 0.25) is 0 Å². The summed E-state index contributed by atoms with van der Waals surface area (Å²) in [6.45, 7) is 4.34. The van der Waals surface area contributed by atoms with Gasteiger partial charge in [0, 0.05) is 6.61 Å². The fourth-order valence-corrected chi connectivity index (χ4v) is 4.15. The molecule has 3 nitrogen and oxygen atoms in total. The lowest BCUT2D eigenvalue weighted by molar-refractivity contribution is -0.179. The van der Waals surface area contributed by atoms with E-state index in [2.05, 4.69) is 29.5 Å². The normalized spacial score (nSPS) is 39.7. The molecular weight excluding hydrogens is 355 g/mol. The van der Waals surface area contributed by atoms with Crippen LogP contribution in [0.3, 0.4) is 0 Å². The lowest BCUT2D eigenvalue weighted by atomic mass is 9.59. The maximum Gasteiger partial charge on any atom is 0.319 e. The fourth-order valence-electron chi connectivity index (χ4n) is 4.02. The second kappa shape index (κ2) is 5.88. The van der Waals surface area contributed by atoms with E-state index in [0.717, 1.165) is 38.5 Å². The summed E-state index contributed by atoms with van der Waals surface area (Å²) in [5, 5.41) is 9.67. The van der Waals surface area contributed by atoms with Crippen molar-refractivity contribution in [3.8, 4) is 0 Å². The smallest absolute Gasteiger partial charge is 0.319 e. The molecule has 0 heterocycles. The van der Waals surface area contributed by atoms with Gasteiger partial charge in [0.1, 0.15) is 9.53 Å². The summed E-state index contributed by atoms with van der Waals surface area (Å²) in [4.78, 5) is 12.1. The molecule has 2 fully saturated rings. The molecule has 110 valence electrons. The second-order valence-corrected chi connectivity index (χ2v) is 8.30. The van der Waals surface area contributed by atoms with Gasteiger partial charge in [-0.25, -0.2) is 0 Å². The fraction of sp³-hybridized carbons (Fsp3) is 0.933. The molecule has 2 aliphatic rings. The second-order valence-electron chi connectivity index (χ2n) is 6.79. The zero-order valence-electron chi connectivity index (χ0n) is 12.0. The van der Waals surface area contributed by atoms with Crippen LogP contribution in [0.15, 0.2) is 0 Å². The summed E-state index contributed by atoms with van der Waals surface area (Å²) >= 11 is 2.17. The van der Waals surface area contributed by atoms with Crippen molar-refractivity contribution in [2.45, 2.75) is 68.3 Å². The Labute approximate surface area is 129 Å². The largest absolute Gasteiger partial charge is 0.458 e. The third-order valence-corrected chi connectivity index (χ3v) is 6.14. The summed E-state index contributed by atoms with van der Waals surface area (Å²) in [7, 11) is 0. The summed E-state index contributed by atoms with van der Waals surface area (Å²) < 4.78 is 5.90. The highest BCUT2D eigenvalue weighted by atomic mass is 127. The highest BCUT2D eigenvalue weighted by molar-refractivity contribution is 14.1. The van der Waals surface area contributed by atoms with Crippen LogP contribution in [-0.2, 0) is 9.53 Å². The average Bonchev–Trinajstić information content (AvgIpc) is 2.36. The Kier molecular flexibility index (Phi) is 4.81. The number of hydrogen-bond acceptors (Lipinski definition) is 3. The topological polar surface area (TPSA) is 46.5 Å². The predicted octanol–water partition coefficient (Wildman–Crippen LogP) is 3.46. The third-order valence-electron chi connectivity index (χ3n) is 4.75. The number of carbonyl (C=O) groups is 1. The summed E-state index contributed by atoms with van der Waals surface area (Å²) in [5.74, 6) is 0.549. The molecule has 0 saturated heterocycles. The van der Waals surface area contributed by atoms with E-state index in [1.807, 2.05) is 6.92 Å². The van der Waals surface area contributed by atoms with Crippen molar-refractivity contribution < 1.29 is 14.6 Å². The Bertz CT molecular complexity index is 346. The summed E-state index contributed by atoms with van der Waals surface area (Å²) in [5.41, 5.74) is -0.370. The molecule has 2 rings (SSSR count). The van der Waals surface area contributed by atoms with Crippen LogP contribution in [0.25, 0.3) is 0 Å². The van der Waals surface area contributed by atoms with Gasteiger partial charge in [0.2, 0.25) is 0 Å². The SMILES string of the molecule is CCC(I)C(=O)OC12CCCC(CC(C)(CO)C1)C2. The number of halogens is 1. The van der Waals surface area contributed by atoms with Crippen LogP contribution in [0.1, 0.15) is 58.8 Å². The van der Waals surface area contributed by atoms with Crippen LogP contribution in [0.5, 0.6) is 0 Å². The monoisotopic (exact) mass is 380 g/mol. The first-order chi connectivity index (χ1) is 8.92. The molecular formula is C15H25IO3. The van der Waals surface area contributed by atoms with Crippen LogP contribution in [0, 0.1) is 11.3 Å². The molecule has 0 aromatic carbocycles. The van der Waals surface area contributed by atoms with Gasteiger partial charge in [-0.1, -0.05) is 42.9 Å². The lowest BCUT2D eigenvalue weighted by Crippen LogP contribution is -2.51. The molecule has 0 aromatic heterocycles. The number of aliphatic hydroxyl groups is 1. The van der Waals surface area contributed by atoms with Gasteiger partial charge in [-0.15, -0.1) is 0 Å². The minimum absolute atomic E-state index is 0.0466. The van der Waals surface area contributed by atoms with E-state index in [1.165, 1.54) is 6.42 Å². The Morgan fingerprint density at radius 2 is 2.26 bits per heavy atom. The minimum Gasteiger partial charge on any atom is -0.458 e. The first-order valence-electron chi connectivity index (χ1n) is 7.40. The number of alkyl halides is 1. The Morgan fingerprint density at radius 3 is 2.89 bits per heavy atom. The average molecular weight is 380 g/mol. The van der Waals surface area contributed by atoms with Crippen molar-refractivity contribution in [2.24, 2.45) is 11.3 Å². The van der Waals surface area contributed by atoms with Crippen LogP contribution >= 0.6 is 22.6 Å². The Morgan fingerprint density at radius 1 is 1.53 bits per heavy atom. The Hall–Kier alpha value is 0.160. The van der Waals surface area contributed by atoms with E-state index >= 15 is 0 Å². The lowest BCUT2D eigenvalue weighted by Gasteiger charge is -2.51. The molecule has 4 unspecified atom stereocenters. The van der Waals surface area contributed by atoms with Gasteiger partial charge in [-0.05, 0) is 49.9 Å². The van der Waals surface area contributed by atoms with E-state index in [0.29, 0.717) is 5.92 Å². The molecule has 2 saturated carbocycles. The van der Waals surface area contributed by atoms with E-state index in [9.17, 15) is 9.90 Å². The molecule has 4 atom stereocenters. The summed E-state index contributed by atoms with van der Waals surface area (Å²) in [6.07, 6.45) is 7.05. The number of aliphatic hydroxyl groups excluding tert-OH is 1. The highest BCUT2D eigenvalue weighted by Crippen LogP contribution is 2.52. The molecule has 0 aromatic rings. The van der Waals surface area contributed by atoms with Gasteiger partial charge in [0.05, 0.1) is 0 Å². The molecule has 0 aliphatic heterocycles. The molecule has 0 radical (unpaired) electrons. The summed E-state index contributed by atoms with van der Waals surface area (Å²) in [6, 6.07) is 0. The standard InChI is InChI=1S/C15H25IO3/c1-3-12(16)13(18)19-15-6-4-5-11(8-15)7-14(2,9-15)10-17/h11-12,17H,3-10H2,1-2H3. The van der Waals surface area contributed by atoms with Crippen molar-refractivity contribution >= 4 is 28.6 Å². The molecule has 2 bridgehead atoms. The predicted molar refractivity (Wildman–Crippen MR) is 83.3 cm³/mol. The van der Waals surface area contributed by atoms with Gasteiger partial charge >= 0.3 is 5.97 Å². The minimum atomic E-state index is -0.297. The van der Waals surface area contributed by atoms with Crippen LogP contribution < -0.4 is 0 Å². The Balaban J connectivity index is 2.12. The zero-order chi connectivity index (χ0) is 14.1. The van der Waals surface area contributed by atoms with Crippen molar-refractivity contribution in [1.29, 1.82) is 0 Å². The first kappa shape index (κ1) is 15.5. The quantitative estimate of drug-likeness (QED) is 0.462. The molecule has 0 spiro atoms. The third kappa shape index (κ3) is 3.43. The molecule has 2 aliphatic carbocycles. The van der Waals surface area contributed by atoms with Crippen molar-refractivity contribution in [2.75, 3.05) is 6.61 Å². The molecule has 1 N–H and O–H groups in total. The van der Waals surface area contributed by atoms with Gasteiger partial charge in [0.25, 0.3) is 0 Å². The number of esters is 1. The van der Waals surface area contributed by atoms with Crippen molar-refractivity contribution in [3.63, 3.8) is 0 Å².